The van der Waals surface area contributed by atoms with Gasteiger partial charge in [-0.2, -0.15) is 5.10 Å². The number of aromatic nitrogens is 3. The number of nitrogens with zero attached hydrogens (tertiary/aromatic N) is 2. The summed E-state index contributed by atoms with van der Waals surface area (Å²) >= 11 is 6.06. The molecule has 0 aliphatic heterocycles. The molecule has 0 radical (unpaired) electrons. The number of pyridine rings is 1. The molecule has 0 aliphatic carbocycles. The van der Waals surface area contributed by atoms with Crippen molar-refractivity contribution in [2.24, 2.45) is 5.73 Å². The average molecular weight is 362 g/mol. The van der Waals surface area contributed by atoms with E-state index in [0.29, 0.717) is 23.8 Å². The molecule has 132 valence electrons. The first-order valence-corrected chi connectivity index (χ1v) is 8.47. The number of benzene rings is 1. The Morgan fingerprint density at radius 3 is 3.08 bits per heavy atom. The molecule has 0 unspecified atom stereocenters. The number of hydrogen-bond acceptors (Lipinski definition) is 5. The highest BCUT2D eigenvalue weighted by Crippen LogP contribution is 2.19. The average Bonchev–Trinajstić information content (AvgIpc) is 2.98. The van der Waals surface area contributed by atoms with E-state index >= 15 is 0 Å². The SMILES string of the molecule is NCCOc1cccc(CCCNc2cc(Cl)cn3c(=O)[nH]nc23)c1. The van der Waals surface area contributed by atoms with Gasteiger partial charge in [-0.3, -0.25) is 0 Å². The summed E-state index contributed by atoms with van der Waals surface area (Å²) in [5.74, 6) is 0.836. The van der Waals surface area contributed by atoms with Gasteiger partial charge in [0.05, 0.1) is 10.7 Å². The zero-order valence-electron chi connectivity index (χ0n) is 13.7. The summed E-state index contributed by atoms with van der Waals surface area (Å²) < 4.78 is 6.93. The van der Waals surface area contributed by atoms with Gasteiger partial charge in [0.1, 0.15) is 12.4 Å². The van der Waals surface area contributed by atoms with Crippen LogP contribution in [-0.4, -0.2) is 34.3 Å². The predicted octanol–water partition coefficient (Wildman–Crippen LogP) is 2.06. The fraction of sp³-hybridized carbons (Fsp3) is 0.294. The Kier molecular flexibility index (Phi) is 5.57. The first kappa shape index (κ1) is 17.3. The minimum absolute atomic E-state index is 0.310. The first-order valence-electron chi connectivity index (χ1n) is 8.09. The van der Waals surface area contributed by atoms with E-state index in [9.17, 15) is 4.79 Å². The highest BCUT2D eigenvalue weighted by Gasteiger charge is 2.07. The summed E-state index contributed by atoms with van der Waals surface area (Å²) in [5.41, 5.74) is 7.60. The number of halogens is 1. The quantitative estimate of drug-likeness (QED) is 0.533. The van der Waals surface area contributed by atoms with Crippen molar-refractivity contribution in [1.82, 2.24) is 14.6 Å². The molecule has 4 N–H and O–H groups in total. The van der Waals surface area contributed by atoms with Crippen molar-refractivity contribution in [2.75, 3.05) is 25.0 Å². The first-order chi connectivity index (χ1) is 12.2. The maximum Gasteiger partial charge on any atom is 0.347 e. The van der Waals surface area contributed by atoms with Gasteiger partial charge < -0.3 is 15.8 Å². The number of nitrogens with one attached hydrogen (secondary N) is 2. The monoisotopic (exact) mass is 361 g/mol. The standard InChI is InChI=1S/C17H20ClN5O2/c18-13-10-15(16-21-22-17(24)23(16)11-13)20-7-2-4-12-3-1-5-14(9-12)25-8-6-19/h1,3,5,9-11,20H,2,4,6-8,19H2,(H,22,24). The van der Waals surface area contributed by atoms with Gasteiger partial charge in [0.2, 0.25) is 0 Å². The predicted molar refractivity (Wildman–Crippen MR) is 98.6 cm³/mol. The van der Waals surface area contributed by atoms with E-state index < -0.39 is 0 Å². The van der Waals surface area contributed by atoms with Crippen LogP contribution in [0.4, 0.5) is 5.69 Å². The van der Waals surface area contributed by atoms with Crippen molar-refractivity contribution in [3.8, 4) is 5.75 Å². The Bertz CT molecular complexity index is 905. The molecule has 0 atom stereocenters. The van der Waals surface area contributed by atoms with Crippen LogP contribution in [0.25, 0.3) is 5.65 Å². The molecule has 0 amide bonds. The van der Waals surface area contributed by atoms with Crippen molar-refractivity contribution in [1.29, 1.82) is 0 Å². The van der Waals surface area contributed by atoms with Crippen LogP contribution in [0.15, 0.2) is 41.3 Å². The zero-order chi connectivity index (χ0) is 17.6. The van der Waals surface area contributed by atoms with Gasteiger partial charge in [-0.05, 0) is 36.6 Å². The molecular formula is C17H20ClN5O2. The second-order valence-corrected chi connectivity index (χ2v) is 6.05. The van der Waals surface area contributed by atoms with Crippen LogP contribution in [0.2, 0.25) is 5.02 Å². The van der Waals surface area contributed by atoms with Crippen molar-refractivity contribution in [2.45, 2.75) is 12.8 Å². The molecule has 0 saturated carbocycles. The maximum atomic E-state index is 11.6. The van der Waals surface area contributed by atoms with Gasteiger partial charge >= 0.3 is 5.69 Å². The van der Waals surface area contributed by atoms with Gasteiger partial charge in [-0.25, -0.2) is 14.3 Å². The molecule has 1 aromatic carbocycles. The van der Waals surface area contributed by atoms with Crippen LogP contribution < -0.4 is 21.5 Å². The molecule has 0 bridgehead atoms. The molecule has 25 heavy (non-hydrogen) atoms. The molecule has 0 fully saturated rings. The molecule has 2 heterocycles. The van der Waals surface area contributed by atoms with E-state index in [2.05, 4.69) is 21.6 Å². The van der Waals surface area contributed by atoms with E-state index in [4.69, 9.17) is 22.1 Å². The van der Waals surface area contributed by atoms with Crippen LogP contribution in [-0.2, 0) is 6.42 Å². The van der Waals surface area contributed by atoms with Crippen LogP contribution in [0.5, 0.6) is 5.75 Å². The number of anilines is 1. The maximum absolute atomic E-state index is 11.6. The molecule has 3 rings (SSSR count). The van der Waals surface area contributed by atoms with Crippen molar-refractivity contribution < 1.29 is 4.74 Å². The van der Waals surface area contributed by atoms with Crippen molar-refractivity contribution in [3.05, 3.63) is 57.6 Å². The summed E-state index contributed by atoms with van der Waals surface area (Å²) in [4.78, 5) is 11.6. The Morgan fingerprint density at radius 2 is 2.24 bits per heavy atom. The van der Waals surface area contributed by atoms with E-state index in [1.165, 1.54) is 9.96 Å². The Balaban J connectivity index is 1.58. The highest BCUT2D eigenvalue weighted by atomic mass is 35.5. The van der Waals surface area contributed by atoms with Crippen LogP contribution >= 0.6 is 11.6 Å². The van der Waals surface area contributed by atoms with Gasteiger partial charge in [-0.1, -0.05) is 23.7 Å². The van der Waals surface area contributed by atoms with Gasteiger partial charge in [0.15, 0.2) is 5.65 Å². The summed E-state index contributed by atoms with van der Waals surface area (Å²) in [6, 6.07) is 9.76. The largest absolute Gasteiger partial charge is 0.492 e. The van der Waals surface area contributed by atoms with Gasteiger partial charge in [0, 0.05) is 19.3 Å². The van der Waals surface area contributed by atoms with Gasteiger partial charge in [0.25, 0.3) is 0 Å². The topological polar surface area (TPSA) is 97.4 Å². The van der Waals surface area contributed by atoms with Crippen LogP contribution in [0, 0.1) is 0 Å². The van der Waals surface area contributed by atoms with Gasteiger partial charge in [-0.15, -0.1) is 0 Å². The fourth-order valence-corrected chi connectivity index (χ4v) is 2.80. The highest BCUT2D eigenvalue weighted by molar-refractivity contribution is 6.30. The molecule has 0 saturated heterocycles. The second-order valence-electron chi connectivity index (χ2n) is 5.61. The van der Waals surface area contributed by atoms with E-state index in [0.717, 1.165) is 30.8 Å². The minimum Gasteiger partial charge on any atom is -0.492 e. The second kappa shape index (κ2) is 8.04. The smallest absolute Gasteiger partial charge is 0.347 e. The number of H-pyrrole nitrogens is 1. The van der Waals surface area contributed by atoms with E-state index in [-0.39, 0.29) is 5.69 Å². The normalized spacial score (nSPS) is 11.0. The molecule has 2 aromatic heterocycles. The molecule has 0 spiro atoms. The summed E-state index contributed by atoms with van der Waals surface area (Å²) in [6.45, 7) is 1.74. The molecule has 7 nitrogen and oxygen atoms in total. The number of aryl methyl sites for hydroxylation is 1. The number of hydrogen-bond donors (Lipinski definition) is 3. The Morgan fingerprint density at radius 1 is 1.36 bits per heavy atom. The lowest BCUT2D eigenvalue weighted by molar-refractivity contribution is 0.328. The van der Waals surface area contributed by atoms with Crippen molar-refractivity contribution in [3.63, 3.8) is 0 Å². The zero-order valence-corrected chi connectivity index (χ0v) is 14.4. The third kappa shape index (κ3) is 4.32. The summed E-state index contributed by atoms with van der Waals surface area (Å²) in [5, 5.41) is 10.2. The van der Waals surface area contributed by atoms with Crippen LogP contribution in [0.1, 0.15) is 12.0 Å². The lowest BCUT2D eigenvalue weighted by atomic mass is 10.1. The Labute approximate surface area is 149 Å². The number of nitrogens with two attached hydrogens (primary N) is 1. The number of fused-ring (bicyclic) bond motifs is 1. The Hall–Kier alpha value is -2.51. The summed E-state index contributed by atoms with van der Waals surface area (Å²) in [6.07, 6.45) is 3.35. The van der Waals surface area contributed by atoms with Crippen molar-refractivity contribution >= 4 is 22.9 Å². The molecule has 8 heteroatoms. The lowest BCUT2D eigenvalue weighted by Gasteiger charge is -2.09. The van der Waals surface area contributed by atoms with Crippen LogP contribution in [0.3, 0.4) is 0 Å². The third-order valence-electron chi connectivity index (χ3n) is 3.72. The number of ether oxygens (including phenoxy) is 1. The fourth-order valence-electron chi connectivity index (χ4n) is 2.59. The third-order valence-corrected chi connectivity index (χ3v) is 3.93. The van der Waals surface area contributed by atoms with E-state index in [1.807, 2.05) is 18.2 Å². The summed E-state index contributed by atoms with van der Waals surface area (Å²) in [7, 11) is 0. The van der Waals surface area contributed by atoms with E-state index in [1.54, 1.807) is 12.3 Å². The lowest BCUT2D eigenvalue weighted by Crippen LogP contribution is -2.11. The minimum atomic E-state index is -0.310. The molecular weight excluding hydrogens is 342 g/mol. The molecule has 3 aromatic rings. The number of aromatic amines is 1. The molecule has 0 aliphatic rings. The number of rotatable bonds is 8.